The zero-order valence-corrected chi connectivity index (χ0v) is 18.1. The number of rotatable bonds is 7. The molecule has 4 heteroatoms. The van der Waals surface area contributed by atoms with Crippen LogP contribution in [0.5, 0.6) is 0 Å². The molecule has 1 saturated heterocycles. The largest absolute Gasteiger partial charge is 0.354 e. The molecule has 0 aromatic heterocycles. The predicted octanol–water partition coefficient (Wildman–Crippen LogP) is 6.57. The van der Waals surface area contributed by atoms with Crippen LogP contribution in [0, 0.1) is 0 Å². The lowest BCUT2D eigenvalue weighted by Gasteiger charge is -2.40. The summed E-state index contributed by atoms with van der Waals surface area (Å²) in [4.78, 5) is 15.3. The van der Waals surface area contributed by atoms with Crippen molar-refractivity contribution in [3.8, 4) is 0 Å². The quantitative estimate of drug-likeness (QED) is 0.503. The van der Waals surface area contributed by atoms with Gasteiger partial charge < -0.3 is 4.74 Å². The maximum absolute atomic E-state index is 13.4. The van der Waals surface area contributed by atoms with Crippen molar-refractivity contribution >= 4 is 17.0 Å². The highest BCUT2D eigenvalue weighted by atomic mass is 32.2. The first-order chi connectivity index (χ1) is 12.1. The first-order valence-corrected chi connectivity index (χ1v) is 10.7. The number of thioether (sulfide) groups is 1. The average molecular weight is 378 g/mol. The van der Waals surface area contributed by atoms with Gasteiger partial charge in [-0.05, 0) is 46.6 Å². The van der Waals surface area contributed by atoms with Gasteiger partial charge in [-0.1, -0.05) is 74.7 Å². The zero-order valence-electron chi connectivity index (χ0n) is 17.3. The van der Waals surface area contributed by atoms with E-state index in [4.69, 9.17) is 4.74 Å². The third-order valence-corrected chi connectivity index (χ3v) is 6.56. The second kappa shape index (κ2) is 8.35. The number of hydrogen-bond acceptors (Lipinski definition) is 3. The molecule has 0 radical (unpaired) electrons. The fourth-order valence-electron chi connectivity index (χ4n) is 3.85. The molecule has 1 aromatic carbocycles. The van der Waals surface area contributed by atoms with Crippen LogP contribution in [0.2, 0.25) is 0 Å². The average Bonchev–Trinajstić information content (AvgIpc) is 2.80. The van der Waals surface area contributed by atoms with Crippen LogP contribution in [0.1, 0.15) is 79.2 Å². The molecule has 0 saturated carbocycles. The Bertz CT molecular complexity index is 583. The van der Waals surface area contributed by atoms with Gasteiger partial charge in [-0.3, -0.25) is 9.69 Å². The first kappa shape index (κ1) is 21.3. The molecular formula is C22H35NO2S. The monoisotopic (exact) mass is 377 g/mol. The van der Waals surface area contributed by atoms with E-state index in [1.807, 2.05) is 24.8 Å². The van der Waals surface area contributed by atoms with Crippen LogP contribution < -0.4 is 0 Å². The third kappa shape index (κ3) is 4.83. The predicted molar refractivity (Wildman–Crippen MR) is 111 cm³/mol. The number of hydrogen-bond donors (Lipinski definition) is 0. The Morgan fingerprint density at radius 3 is 2.35 bits per heavy atom. The molecule has 0 spiro atoms. The first-order valence-electron chi connectivity index (χ1n) is 9.85. The molecule has 0 aliphatic carbocycles. The summed E-state index contributed by atoms with van der Waals surface area (Å²) in [6.45, 7) is 13.2. The molecule has 1 aliphatic rings. The summed E-state index contributed by atoms with van der Waals surface area (Å²) in [6.07, 6.45) is 5.84. The van der Waals surface area contributed by atoms with Gasteiger partial charge >= 0.3 is 0 Å². The summed E-state index contributed by atoms with van der Waals surface area (Å²) in [5.41, 5.74) is 0.381. The van der Waals surface area contributed by atoms with Gasteiger partial charge in [-0.15, -0.1) is 0 Å². The van der Waals surface area contributed by atoms with Crippen LogP contribution in [0.15, 0.2) is 30.3 Å². The molecule has 146 valence electrons. The third-order valence-electron chi connectivity index (χ3n) is 5.31. The van der Waals surface area contributed by atoms with Crippen molar-refractivity contribution in [3.05, 3.63) is 35.9 Å². The minimum atomic E-state index is -0.562. The van der Waals surface area contributed by atoms with Crippen molar-refractivity contribution in [3.63, 3.8) is 0 Å². The number of carbonyl (C=O) groups is 1. The summed E-state index contributed by atoms with van der Waals surface area (Å²) >= 11 is 1.47. The van der Waals surface area contributed by atoms with E-state index in [1.165, 1.54) is 36.6 Å². The van der Waals surface area contributed by atoms with Crippen LogP contribution >= 0.6 is 11.8 Å². The SMILES string of the molecule is CCCCCC[C@](C)(SC(=O)N1C(C)(C)COC1(C)C)c1ccccc1. The van der Waals surface area contributed by atoms with Gasteiger partial charge in [-0.25, -0.2) is 0 Å². The van der Waals surface area contributed by atoms with Crippen molar-refractivity contribution in [2.75, 3.05) is 6.61 Å². The van der Waals surface area contributed by atoms with E-state index in [9.17, 15) is 4.79 Å². The molecule has 3 nitrogen and oxygen atoms in total. The number of nitrogens with zero attached hydrogens (tertiary/aromatic N) is 1. The Morgan fingerprint density at radius 1 is 1.15 bits per heavy atom. The Hall–Kier alpha value is -1.00. The second-order valence-electron chi connectivity index (χ2n) is 8.66. The van der Waals surface area contributed by atoms with E-state index in [0.717, 1.165) is 12.8 Å². The van der Waals surface area contributed by atoms with Gasteiger partial charge in [0.05, 0.1) is 12.1 Å². The van der Waals surface area contributed by atoms with Crippen LogP contribution in [-0.4, -0.2) is 28.0 Å². The molecule has 0 bridgehead atoms. The van der Waals surface area contributed by atoms with Crippen LogP contribution in [0.25, 0.3) is 0 Å². The van der Waals surface area contributed by atoms with E-state index in [2.05, 4.69) is 52.0 Å². The number of ether oxygens (including phenoxy) is 1. The summed E-state index contributed by atoms with van der Waals surface area (Å²) in [5.74, 6) is 0. The Kier molecular flexibility index (Phi) is 6.84. The lowest BCUT2D eigenvalue weighted by Crippen LogP contribution is -2.51. The maximum atomic E-state index is 13.4. The van der Waals surface area contributed by atoms with E-state index in [0.29, 0.717) is 6.61 Å². The lowest BCUT2D eigenvalue weighted by molar-refractivity contribution is -0.0298. The highest BCUT2D eigenvalue weighted by Gasteiger charge is 2.50. The van der Waals surface area contributed by atoms with Crippen LogP contribution in [0.3, 0.4) is 0 Å². The lowest BCUT2D eigenvalue weighted by atomic mass is 9.94. The molecule has 1 atom stereocenters. The smallest absolute Gasteiger partial charge is 0.285 e. The van der Waals surface area contributed by atoms with Crippen LogP contribution in [0.4, 0.5) is 4.79 Å². The van der Waals surface area contributed by atoms with Crippen LogP contribution in [-0.2, 0) is 9.48 Å². The normalized spacial score (nSPS) is 20.8. The van der Waals surface area contributed by atoms with Gasteiger partial charge in [-0.2, -0.15) is 0 Å². The van der Waals surface area contributed by atoms with Gasteiger partial charge in [0.2, 0.25) is 0 Å². The topological polar surface area (TPSA) is 29.5 Å². The molecule has 26 heavy (non-hydrogen) atoms. The minimum Gasteiger partial charge on any atom is -0.354 e. The number of amides is 1. The fraction of sp³-hybridized carbons (Fsp3) is 0.682. The number of carbonyl (C=O) groups excluding carboxylic acids is 1. The zero-order chi connectivity index (χ0) is 19.4. The molecule has 1 amide bonds. The molecule has 1 heterocycles. The molecule has 0 unspecified atom stereocenters. The van der Waals surface area contributed by atoms with Crippen molar-refractivity contribution < 1.29 is 9.53 Å². The molecule has 1 aromatic rings. The van der Waals surface area contributed by atoms with Crippen molar-refractivity contribution in [1.82, 2.24) is 4.90 Å². The van der Waals surface area contributed by atoms with Gasteiger partial charge in [0.15, 0.2) is 0 Å². The van der Waals surface area contributed by atoms with Gasteiger partial charge in [0.25, 0.3) is 5.24 Å². The maximum Gasteiger partial charge on any atom is 0.285 e. The summed E-state index contributed by atoms with van der Waals surface area (Å²) < 4.78 is 5.69. The summed E-state index contributed by atoms with van der Waals surface area (Å²) in [6, 6.07) is 10.5. The molecule has 2 rings (SSSR count). The summed E-state index contributed by atoms with van der Waals surface area (Å²) in [7, 11) is 0. The highest BCUT2D eigenvalue weighted by Crippen LogP contribution is 2.46. The minimum absolute atomic E-state index is 0.111. The van der Waals surface area contributed by atoms with E-state index in [1.54, 1.807) is 0 Å². The van der Waals surface area contributed by atoms with E-state index < -0.39 is 5.72 Å². The van der Waals surface area contributed by atoms with Gasteiger partial charge in [0, 0.05) is 4.75 Å². The number of benzene rings is 1. The van der Waals surface area contributed by atoms with Crippen molar-refractivity contribution in [2.45, 2.75) is 89.7 Å². The Balaban J connectivity index is 2.22. The van der Waals surface area contributed by atoms with Crippen molar-refractivity contribution in [2.24, 2.45) is 0 Å². The molecular weight excluding hydrogens is 342 g/mol. The van der Waals surface area contributed by atoms with E-state index >= 15 is 0 Å². The Labute approximate surface area is 163 Å². The molecule has 0 N–H and O–H groups in total. The fourth-order valence-corrected chi connectivity index (χ4v) is 5.29. The molecule has 1 fully saturated rings. The van der Waals surface area contributed by atoms with Crippen molar-refractivity contribution in [1.29, 1.82) is 0 Å². The molecule has 1 aliphatic heterocycles. The number of unbranched alkanes of at least 4 members (excludes halogenated alkanes) is 3. The highest BCUT2D eigenvalue weighted by molar-refractivity contribution is 8.14. The second-order valence-corrected chi connectivity index (χ2v) is 10.1. The standard InChI is InChI=1S/C22H35NO2S/c1-7-8-9-13-16-22(6,18-14-11-10-12-15-18)26-19(24)23-20(2,3)17-25-21(23,4)5/h10-12,14-15H,7-9,13,16-17H2,1-6H3/t22-/m0/s1. The van der Waals surface area contributed by atoms with E-state index in [-0.39, 0.29) is 15.5 Å². The van der Waals surface area contributed by atoms with Gasteiger partial charge in [0.1, 0.15) is 5.72 Å². The summed E-state index contributed by atoms with van der Waals surface area (Å²) in [5, 5.41) is 0.111. The Morgan fingerprint density at radius 2 is 1.81 bits per heavy atom.